The first kappa shape index (κ1) is 12.7. The maximum atomic E-state index is 6.15. The molecule has 5 heteroatoms. The molecule has 0 spiro atoms. The van der Waals surface area contributed by atoms with Crippen LogP contribution in [0.3, 0.4) is 0 Å². The molecule has 0 aliphatic heterocycles. The van der Waals surface area contributed by atoms with Gasteiger partial charge in [-0.05, 0) is 47.7 Å². The standard InChI is InChI=1S/C14H9ClIN3/c1-8-5-10-7-17-14(19-12(10)13(15)18-8)9-3-2-4-11(16)6-9/h2-7H,1H3. The monoisotopic (exact) mass is 381 g/mol. The van der Waals surface area contributed by atoms with Gasteiger partial charge in [-0.3, -0.25) is 0 Å². The fraction of sp³-hybridized carbons (Fsp3) is 0.0714. The summed E-state index contributed by atoms with van der Waals surface area (Å²) in [6, 6.07) is 9.97. The zero-order valence-electron chi connectivity index (χ0n) is 10.1. The van der Waals surface area contributed by atoms with E-state index < -0.39 is 0 Å². The minimum absolute atomic E-state index is 0.421. The van der Waals surface area contributed by atoms with Crippen molar-refractivity contribution >= 4 is 45.1 Å². The van der Waals surface area contributed by atoms with Gasteiger partial charge >= 0.3 is 0 Å². The largest absolute Gasteiger partial charge is 0.239 e. The molecule has 0 atom stereocenters. The van der Waals surface area contributed by atoms with Gasteiger partial charge in [-0.1, -0.05) is 23.7 Å². The van der Waals surface area contributed by atoms with Gasteiger partial charge in [0.1, 0.15) is 5.52 Å². The molecule has 1 aromatic carbocycles. The van der Waals surface area contributed by atoms with Crippen molar-refractivity contribution in [1.82, 2.24) is 15.0 Å². The molecule has 0 N–H and O–H groups in total. The highest BCUT2D eigenvalue weighted by Crippen LogP contribution is 2.24. The molecule has 0 radical (unpaired) electrons. The first-order valence-corrected chi connectivity index (χ1v) is 7.15. The first-order chi connectivity index (χ1) is 9.13. The van der Waals surface area contributed by atoms with E-state index in [2.05, 4.69) is 37.5 Å². The number of benzene rings is 1. The van der Waals surface area contributed by atoms with Gasteiger partial charge in [0.05, 0.1) is 0 Å². The van der Waals surface area contributed by atoms with Crippen LogP contribution in [-0.2, 0) is 0 Å². The molecule has 19 heavy (non-hydrogen) atoms. The zero-order chi connectivity index (χ0) is 13.4. The number of hydrogen-bond acceptors (Lipinski definition) is 3. The van der Waals surface area contributed by atoms with Gasteiger partial charge < -0.3 is 0 Å². The summed E-state index contributed by atoms with van der Waals surface area (Å²) in [5.41, 5.74) is 2.53. The zero-order valence-corrected chi connectivity index (χ0v) is 13.0. The van der Waals surface area contributed by atoms with E-state index in [4.69, 9.17) is 11.6 Å². The van der Waals surface area contributed by atoms with Crippen LogP contribution in [0.4, 0.5) is 0 Å². The van der Waals surface area contributed by atoms with E-state index in [1.165, 1.54) is 0 Å². The second kappa shape index (κ2) is 5.02. The third-order valence-corrected chi connectivity index (χ3v) is 3.67. The molecule has 0 bridgehead atoms. The number of halogens is 2. The summed E-state index contributed by atoms with van der Waals surface area (Å²) >= 11 is 8.42. The molecule has 0 saturated heterocycles. The van der Waals surface area contributed by atoms with Gasteiger partial charge in [-0.2, -0.15) is 0 Å². The van der Waals surface area contributed by atoms with Crippen LogP contribution in [0, 0.1) is 10.5 Å². The van der Waals surface area contributed by atoms with E-state index in [1.807, 2.05) is 37.3 Å². The Morgan fingerprint density at radius 2 is 2.00 bits per heavy atom. The summed E-state index contributed by atoms with van der Waals surface area (Å²) in [4.78, 5) is 13.1. The fourth-order valence-electron chi connectivity index (χ4n) is 1.89. The molecular formula is C14H9ClIN3. The van der Waals surface area contributed by atoms with E-state index in [-0.39, 0.29) is 0 Å². The van der Waals surface area contributed by atoms with Crippen LogP contribution in [0.25, 0.3) is 22.3 Å². The van der Waals surface area contributed by atoms with Crippen molar-refractivity contribution in [2.24, 2.45) is 0 Å². The lowest BCUT2D eigenvalue weighted by molar-refractivity contribution is 1.17. The van der Waals surface area contributed by atoms with Crippen LogP contribution in [-0.4, -0.2) is 15.0 Å². The highest BCUT2D eigenvalue weighted by Gasteiger charge is 2.08. The van der Waals surface area contributed by atoms with Gasteiger partial charge in [-0.15, -0.1) is 0 Å². The third-order valence-electron chi connectivity index (χ3n) is 2.73. The fourth-order valence-corrected chi connectivity index (χ4v) is 2.72. The Labute approximate surface area is 129 Å². The third kappa shape index (κ3) is 2.55. The van der Waals surface area contributed by atoms with Crippen molar-refractivity contribution in [3.63, 3.8) is 0 Å². The van der Waals surface area contributed by atoms with Gasteiger partial charge in [0.25, 0.3) is 0 Å². The predicted molar refractivity (Wildman–Crippen MR) is 85.2 cm³/mol. The highest BCUT2D eigenvalue weighted by atomic mass is 127. The van der Waals surface area contributed by atoms with Crippen LogP contribution >= 0.6 is 34.2 Å². The summed E-state index contributed by atoms with van der Waals surface area (Å²) in [6.45, 7) is 1.90. The van der Waals surface area contributed by atoms with Gasteiger partial charge in [-0.25, -0.2) is 15.0 Å². The number of fused-ring (bicyclic) bond motifs is 1. The lowest BCUT2D eigenvalue weighted by Crippen LogP contribution is -1.93. The second-order valence-corrected chi connectivity index (χ2v) is 5.80. The number of hydrogen-bond donors (Lipinski definition) is 0. The smallest absolute Gasteiger partial charge is 0.159 e. The van der Waals surface area contributed by atoms with Crippen LogP contribution in [0.2, 0.25) is 5.15 Å². The average Bonchev–Trinajstić information content (AvgIpc) is 2.38. The topological polar surface area (TPSA) is 38.7 Å². The molecule has 0 saturated carbocycles. The molecule has 0 unspecified atom stereocenters. The van der Waals surface area contributed by atoms with Crippen LogP contribution in [0.5, 0.6) is 0 Å². The molecule has 0 aliphatic rings. The van der Waals surface area contributed by atoms with Gasteiger partial charge in [0.15, 0.2) is 11.0 Å². The molecule has 2 heterocycles. The van der Waals surface area contributed by atoms with E-state index in [0.29, 0.717) is 16.5 Å². The lowest BCUT2D eigenvalue weighted by Gasteiger charge is -2.04. The van der Waals surface area contributed by atoms with Crippen LogP contribution in [0.15, 0.2) is 36.5 Å². The molecule has 3 rings (SSSR count). The quantitative estimate of drug-likeness (QED) is 0.467. The average molecular weight is 382 g/mol. The molecular weight excluding hydrogens is 373 g/mol. The maximum Gasteiger partial charge on any atom is 0.159 e. The number of rotatable bonds is 1. The molecule has 2 aromatic heterocycles. The van der Waals surface area contributed by atoms with Crippen molar-refractivity contribution in [1.29, 1.82) is 0 Å². The number of aromatic nitrogens is 3. The Morgan fingerprint density at radius 1 is 1.16 bits per heavy atom. The van der Waals surface area contributed by atoms with Crippen molar-refractivity contribution < 1.29 is 0 Å². The number of nitrogens with zero attached hydrogens (tertiary/aromatic N) is 3. The highest BCUT2D eigenvalue weighted by molar-refractivity contribution is 14.1. The Kier molecular flexibility index (Phi) is 3.36. The van der Waals surface area contributed by atoms with Crippen molar-refractivity contribution in [3.8, 4) is 11.4 Å². The van der Waals surface area contributed by atoms with E-state index in [0.717, 1.165) is 20.2 Å². The lowest BCUT2D eigenvalue weighted by atomic mass is 10.2. The van der Waals surface area contributed by atoms with Gasteiger partial charge in [0.2, 0.25) is 0 Å². The predicted octanol–water partition coefficient (Wildman–Crippen LogP) is 4.26. The SMILES string of the molecule is Cc1cc2cnc(-c3cccc(I)c3)nc2c(Cl)n1. The Hall–Kier alpha value is -1.27. The van der Waals surface area contributed by atoms with Gasteiger partial charge in [0, 0.05) is 26.4 Å². The van der Waals surface area contributed by atoms with Crippen molar-refractivity contribution in [3.05, 3.63) is 50.9 Å². The Bertz CT molecular complexity index is 774. The summed E-state index contributed by atoms with van der Waals surface area (Å²) in [5, 5.41) is 1.33. The van der Waals surface area contributed by atoms with Crippen LogP contribution < -0.4 is 0 Å². The number of aryl methyl sites for hydroxylation is 1. The second-order valence-electron chi connectivity index (χ2n) is 4.20. The summed E-state index contributed by atoms with van der Waals surface area (Å²) in [5.74, 6) is 0.665. The molecule has 0 aliphatic carbocycles. The minimum atomic E-state index is 0.421. The first-order valence-electron chi connectivity index (χ1n) is 5.69. The van der Waals surface area contributed by atoms with E-state index in [9.17, 15) is 0 Å². The normalized spacial score (nSPS) is 10.9. The molecule has 94 valence electrons. The molecule has 0 amide bonds. The summed E-state index contributed by atoms with van der Waals surface area (Å²) < 4.78 is 1.15. The van der Waals surface area contributed by atoms with Crippen LogP contribution in [0.1, 0.15) is 5.69 Å². The van der Waals surface area contributed by atoms with Crippen molar-refractivity contribution in [2.45, 2.75) is 6.92 Å². The van der Waals surface area contributed by atoms with E-state index >= 15 is 0 Å². The summed E-state index contributed by atoms with van der Waals surface area (Å²) in [7, 11) is 0. The molecule has 0 fully saturated rings. The van der Waals surface area contributed by atoms with E-state index in [1.54, 1.807) is 6.20 Å². The molecule has 3 aromatic rings. The molecule has 3 nitrogen and oxygen atoms in total. The van der Waals surface area contributed by atoms with Crippen molar-refractivity contribution in [2.75, 3.05) is 0 Å². The summed E-state index contributed by atoms with van der Waals surface area (Å²) in [6.07, 6.45) is 1.79. The minimum Gasteiger partial charge on any atom is -0.239 e. The maximum absolute atomic E-state index is 6.15. The Balaban J connectivity index is 2.22. The Morgan fingerprint density at radius 3 is 2.79 bits per heavy atom. The number of pyridine rings is 1.